The normalized spacial score (nSPS) is 12.4. The van der Waals surface area contributed by atoms with Gasteiger partial charge < -0.3 is 11.1 Å². The van der Waals surface area contributed by atoms with E-state index in [1.54, 1.807) is 18.2 Å². The van der Waals surface area contributed by atoms with E-state index < -0.39 is 0 Å². The number of halogens is 2. The number of hydrogen-bond acceptors (Lipinski definition) is 2. The third kappa shape index (κ3) is 4.00. The number of amides is 1. The zero-order valence-electron chi connectivity index (χ0n) is 8.97. The summed E-state index contributed by atoms with van der Waals surface area (Å²) in [5.74, 6) is -0.328. The van der Waals surface area contributed by atoms with Crippen LogP contribution in [0.2, 0.25) is 10.0 Å². The van der Waals surface area contributed by atoms with E-state index in [2.05, 4.69) is 5.32 Å². The molecular weight excluding hydrogens is 247 g/mol. The lowest BCUT2D eigenvalue weighted by Crippen LogP contribution is -2.30. The molecule has 1 atom stereocenters. The second kappa shape index (κ2) is 6.09. The van der Waals surface area contributed by atoms with Gasteiger partial charge in [-0.15, -0.1) is 0 Å². The van der Waals surface area contributed by atoms with Crippen molar-refractivity contribution in [2.24, 2.45) is 5.73 Å². The molecule has 3 nitrogen and oxygen atoms in total. The molecule has 0 saturated heterocycles. The summed E-state index contributed by atoms with van der Waals surface area (Å²) in [7, 11) is 0. The van der Waals surface area contributed by atoms with Crippen molar-refractivity contribution in [2.75, 3.05) is 0 Å². The van der Waals surface area contributed by atoms with Crippen molar-refractivity contribution in [2.45, 2.75) is 25.9 Å². The van der Waals surface area contributed by atoms with Crippen molar-refractivity contribution in [3.8, 4) is 0 Å². The van der Waals surface area contributed by atoms with Crippen molar-refractivity contribution < 1.29 is 4.79 Å². The number of carbonyl (C=O) groups is 1. The van der Waals surface area contributed by atoms with Gasteiger partial charge >= 0.3 is 0 Å². The smallest absolute Gasteiger partial charge is 0.218 e. The van der Waals surface area contributed by atoms with Crippen molar-refractivity contribution in [1.82, 2.24) is 5.32 Å². The summed E-state index contributed by atoms with van der Waals surface area (Å²) in [5, 5.41) is 4.38. The summed E-state index contributed by atoms with van der Waals surface area (Å²) < 4.78 is 0. The molecule has 1 amide bonds. The molecule has 88 valence electrons. The number of nitrogens with two attached hydrogens (primary N) is 1. The first-order chi connectivity index (χ1) is 7.50. The fraction of sp³-hybridized carbons (Fsp3) is 0.364. The third-order valence-corrected chi connectivity index (χ3v) is 2.90. The molecule has 0 aliphatic carbocycles. The molecule has 1 rings (SSSR count). The highest BCUT2D eigenvalue weighted by molar-refractivity contribution is 6.35. The van der Waals surface area contributed by atoms with Crippen LogP contribution in [0.25, 0.3) is 0 Å². The molecule has 1 aromatic rings. The molecular formula is C11H14Cl2N2O. The maximum Gasteiger partial charge on any atom is 0.218 e. The molecule has 0 aromatic heterocycles. The van der Waals surface area contributed by atoms with E-state index in [1.807, 2.05) is 6.92 Å². The van der Waals surface area contributed by atoms with Crippen LogP contribution in [0.5, 0.6) is 0 Å². The molecule has 0 fully saturated rings. The zero-order chi connectivity index (χ0) is 12.1. The molecule has 5 heteroatoms. The topological polar surface area (TPSA) is 55.1 Å². The van der Waals surface area contributed by atoms with Gasteiger partial charge in [0, 0.05) is 34.6 Å². The highest BCUT2D eigenvalue weighted by atomic mass is 35.5. The predicted molar refractivity (Wildman–Crippen MR) is 66.6 cm³/mol. The third-order valence-electron chi connectivity index (χ3n) is 2.20. The Morgan fingerprint density at radius 2 is 2.00 bits per heavy atom. The van der Waals surface area contributed by atoms with E-state index in [1.165, 1.54) is 0 Å². The minimum Gasteiger partial charge on any atom is -0.370 e. The Morgan fingerprint density at radius 3 is 2.50 bits per heavy atom. The van der Waals surface area contributed by atoms with E-state index >= 15 is 0 Å². The van der Waals surface area contributed by atoms with Crippen LogP contribution in [0.15, 0.2) is 18.2 Å². The van der Waals surface area contributed by atoms with Crippen LogP contribution < -0.4 is 11.1 Å². The molecule has 0 spiro atoms. The number of carbonyl (C=O) groups excluding carboxylic acids is 1. The van der Waals surface area contributed by atoms with Crippen LogP contribution in [-0.2, 0) is 11.3 Å². The average Bonchev–Trinajstić information content (AvgIpc) is 2.15. The van der Waals surface area contributed by atoms with Crippen LogP contribution in [0, 0.1) is 0 Å². The lowest BCUT2D eigenvalue weighted by molar-refractivity contribution is -0.118. The van der Waals surface area contributed by atoms with Gasteiger partial charge in [-0.25, -0.2) is 0 Å². The Balaban J connectivity index is 2.57. The lowest BCUT2D eigenvalue weighted by atomic mass is 10.2. The second-order valence-electron chi connectivity index (χ2n) is 3.65. The zero-order valence-corrected chi connectivity index (χ0v) is 10.5. The Kier molecular flexibility index (Phi) is 5.06. The van der Waals surface area contributed by atoms with Crippen LogP contribution in [-0.4, -0.2) is 11.9 Å². The SMILES string of the molecule is CC(CC(N)=O)NCc1c(Cl)cccc1Cl. The Morgan fingerprint density at radius 1 is 1.44 bits per heavy atom. The summed E-state index contributed by atoms with van der Waals surface area (Å²) in [6, 6.07) is 5.36. The molecule has 3 N–H and O–H groups in total. The largest absolute Gasteiger partial charge is 0.370 e. The summed E-state index contributed by atoms with van der Waals surface area (Å²) in [4.78, 5) is 10.7. The number of hydrogen-bond donors (Lipinski definition) is 2. The van der Waals surface area contributed by atoms with Crippen molar-refractivity contribution in [3.63, 3.8) is 0 Å². The molecule has 0 saturated carbocycles. The van der Waals surface area contributed by atoms with E-state index in [4.69, 9.17) is 28.9 Å². The molecule has 0 bridgehead atoms. The van der Waals surface area contributed by atoms with Crippen LogP contribution in [0.3, 0.4) is 0 Å². The van der Waals surface area contributed by atoms with Gasteiger partial charge in [-0.1, -0.05) is 29.3 Å². The minimum absolute atomic E-state index is 0.00448. The van der Waals surface area contributed by atoms with Gasteiger partial charge in [-0.05, 0) is 19.1 Å². The maximum absolute atomic E-state index is 10.7. The van der Waals surface area contributed by atoms with Crippen molar-refractivity contribution in [1.29, 1.82) is 0 Å². The number of nitrogens with one attached hydrogen (secondary N) is 1. The van der Waals surface area contributed by atoms with Gasteiger partial charge in [-0.2, -0.15) is 0 Å². The Hall–Kier alpha value is -0.770. The fourth-order valence-electron chi connectivity index (χ4n) is 1.35. The van der Waals surface area contributed by atoms with E-state index in [-0.39, 0.29) is 11.9 Å². The number of rotatable bonds is 5. The number of primary amides is 1. The predicted octanol–water partition coefficient (Wildman–Crippen LogP) is 2.35. The molecule has 1 unspecified atom stereocenters. The summed E-state index contributed by atoms with van der Waals surface area (Å²) >= 11 is 12.0. The first-order valence-electron chi connectivity index (χ1n) is 4.95. The monoisotopic (exact) mass is 260 g/mol. The van der Waals surface area contributed by atoms with Gasteiger partial charge in [0.15, 0.2) is 0 Å². The standard InChI is InChI=1S/C11H14Cl2N2O/c1-7(5-11(14)16)15-6-8-9(12)3-2-4-10(8)13/h2-4,7,15H,5-6H2,1H3,(H2,14,16). The van der Waals surface area contributed by atoms with Gasteiger partial charge in [0.25, 0.3) is 0 Å². The molecule has 16 heavy (non-hydrogen) atoms. The molecule has 0 aliphatic rings. The van der Waals surface area contributed by atoms with Crippen LogP contribution >= 0.6 is 23.2 Å². The van der Waals surface area contributed by atoms with Crippen molar-refractivity contribution in [3.05, 3.63) is 33.8 Å². The summed E-state index contributed by atoms with van der Waals surface area (Å²) in [5.41, 5.74) is 5.93. The molecule has 0 heterocycles. The van der Waals surface area contributed by atoms with E-state index in [0.29, 0.717) is 23.0 Å². The van der Waals surface area contributed by atoms with Gasteiger partial charge in [-0.3, -0.25) is 4.79 Å². The van der Waals surface area contributed by atoms with Crippen molar-refractivity contribution >= 4 is 29.1 Å². The van der Waals surface area contributed by atoms with Gasteiger partial charge in [0.1, 0.15) is 0 Å². The van der Waals surface area contributed by atoms with Crippen LogP contribution in [0.1, 0.15) is 18.9 Å². The first kappa shape index (κ1) is 13.3. The maximum atomic E-state index is 10.7. The highest BCUT2D eigenvalue weighted by Crippen LogP contribution is 2.23. The number of benzene rings is 1. The molecule has 1 aromatic carbocycles. The minimum atomic E-state index is -0.328. The quantitative estimate of drug-likeness (QED) is 0.854. The second-order valence-corrected chi connectivity index (χ2v) is 4.47. The summed E-state index contributed by atoms with van der Waals surface area (Å²) in [6.45, 7) is 2.41. The van der Waals surface area contributed by atoms with Crippen LogP contribution in [0.4, 0.5) is 0 Å². The van der Waals surface area contributed by atoms with Gasteiger partial charge in [0.05, 0.1) is 0 Å². The highest BCUT2D eigenvalue weighted by Gasteiger charge is 2.09. The van der Waals surface area contributed by atoms with E-state index in [9.17, 15) is 4.79 Å². The van der Waals surface area contributed by atoms with E-state index in [0.717, 1.165) is 5.56 Å². The van der Waals surface area contributed by atoms with Gasteiger partial charge in [0.2, 0.25) is 5.91 Å². The Bertz CT molecular complexity index is 362. The average molecular weight is 261 g/mol. The first-order valence-corrected chi connectivity index (χ1v) is 5.71. The molecule has 0 radical (unpaired) electrons. The fourth-order valence-corrected chi connectivity index (χ4v) is 1.88. The summed E-state index contributed by atoms with van der Waals surface area (Å²) in [6.07, 6.45) is 0.294. The lowest BCUT2D eigenvalue weighted by Gasteiger charge is -2.13. The Labute approximate surface area is 105 Å². The molecule has 0 aliphatic heterocycles.